The van der Waals surface area contributed by atoms with E-state index in [1.165, 1.54) is 0 Å². The summed E-state index contributed by atoms with van der Waals surface area (Å²) < 4.78 is 37.6. The lowest BCUT2D eigenvalue weighted by atomic mass is 10.2. The van der Waals surface area contributed by atoms with E-state index in [1.54, 1.807) is 6.92 Å². The predicted molar refractivity (Wildman–Crippen MR) is 62.7 cm³/mol. The predicted octanol–water partition coefficient (Wildman–Crippen LogP) is 2.62. The molecule has 0 aliphatic heterocycles. The number of nitrogens with zero attached hydrogens (tertiary/aromatic N) is 1. The summed E-state index contributed by atoms with van der Waals surface area (Å²) in [4.78, 5) is 14.2. The van der Waals surface area contributed by atoms with Crippen LogP contribution in [0.15, 0.2) is 12.1 Å². The van der Waals surface area contributed by atoms with E-state index in [0.29, 0.717) is 12.5 Å². The van der Waals surface area contributed by atoms with E-state index in [4.69, 9.17) is 11.5 Å². The Balaban J connectivity index is 3.24. The van der Waals surface area contributed by atoms with Crippen LogP contribution in [0.4, 0.5) is 19.0 Å². The highest BCUT2D eigenvalue weighted by Gasteiger charge is 2.33. The average Bonchev–Trinajstić information content (AvgIpc) is 2.34. The van der Waals surface area contributed by atoms with Crippen LogP contribution >= 0.6 is 0 Å². The number of terminal acetylenes is 1. The zero-order valence-corrected chi connectivity index (χ0v) is 9.95. The Hall–Kier alpha value is -2.23. The van der Waals surface area contributed by atoms with E-state index >= 15 is 0 Å². The molecule has 4 nitrogen and oxygen atoms in total. The number of carbonyl (C=O) groups is 1. The molecule has 102 valence electrons. The maximum absolute atomic E-state index is 12.5. The van der Waals surface area contributed by atoms with Gasteiger partial charge in [-0.15, -0.1) is 6.42 Å². The summed E-state index contributed by atoms with van der Waals surface area (Å²) >= 11 is 0. The highest BCUT2D eigenvalue weighted by molar-refractivity contribution is 5.93. The summed E-state index contributed by atoms with van der Waals surface area (Å²) in [5.74, 6) is 0.538. The SMILES string of the molecule is C#CC(CC)Nc1nc(C(F)(F)F)ccc1C(=O)O. The number of hydrogen-bond donors (Lipinski definition) is 2. The molecule has 0 radical (unpaired) electrons. The number of anilines is 1. The zero-order valence-electron chi connectivity index (χ0n) is 9.95. The molecule has 0 aliphatic rings. The number of hydrogen-bond acceptors (Lipinski definition) is 3. The molecule has 0 bridgehead atoms. The van der Waals surface area contributed by atoms with Crippen LogP contribution in [0.5, 0.6) is 0 Å². The maximum Gasteiger partial charge on any atom is 0.433 e. The van der Waals surface area contributed by atoms with Gasteiger partial charge in [-0.1, -0.05) is 12.8 Å². The zero-order chi connectivity index (χ0) is 14.6. The summed E-state index contributed by atoms with van der Waals surface area (Å²) in [5.41, 5.74) is -1.53. The number of carboxylic acid groups (broad SMARTS) is 1. The molecule has 1 heterocycles. The number of aromatic nitrogens is 1. The lowest BCUT2D eigenvalue weighted by molar-refractivity contribution is -0.141. The lowest BCUT2D eigenvalue weighted by Crippen LogP contribution is -2.21. The van der Waals surface area contributed by atoms with Crippen LogP contribution in [0.3, 0.4) is 0 Å². The topological polar surface area (TPSA) is 62.2 Å². The second kappa shape index (κ2) is 5.61. The van der Waals surface area contributed by atoms with Crippen molar-refractivity contribution < 1.29 is 23.1 Å². The maximum atomic E-state index is 12.5. The van der Waals surface area contributed by atoms with Gasteiger partial charge in [0.25, 0.3) is 0 Å². The average molecular weight is 272 g/mol. The third-order valence-electron chi connectivity index (χ3n) is 2.34. The fraction of sp³-hybridized carbons (Fsp3) is 0.333. The molecule has 1 aromatic rings. The van der Waals surface area contributed by atoms with E-state index in [9.17, 15) is 18.0 Å². The van der Waals surface area contributed by atoms with Gasteiger partial charge in [0.15, 0.2) is 0 Å². The van der Waals surface area contributed by atoms with Crippen LogP contribution in [0.2, 0.25) is 0 Å². The number of halogens is 3. The number of aromatic carboxylic acids is 1. The summed E-state index contributed by atoms with van der Waals surface area (Å²) in [7, 11) is 0. The smallest absolute Gasteiger partial charge is 0.433 e. The first kappa shape index (κ1) is 14.8. The first-order valence-electron chi connectivity index (χ1n) is 5.33. The van der Waals surface area contributed by atoms with Crippen LogP contribution in [0.25, 0.3) is 0 Å². The minimum Gasteiger partial charge on any atom is -0.478 e. The van der Waals surface area contributed by atoms with Crippen molar-refractivity contribution in [2.24, 2.45) is 0 Å². The van der Waals surface area contributed by atoms with E-state index < -0.39 is 23.9 Å². The van der Waals surface area contributed by atoms with E-state index in [1.807, 2.05) is 0 Å². The molecule has 0 saturated carbocycles. The van der Waals surface area contributed by atoms with Crippen molar-refractivity contribution in [3.05, 3.63) is 23.4 Å². The second-order valence-electron chi connectivity index (χ2n) is 3.67. The largest absolute Gasteiger partial charge is 0.478 e. The number of pyridine rings is 1. The Morgan fingerprint density at radius 2 is 2.21 bits per heavy atom. The molecule has 0 spiro atoms. The first-order chi connectivity index (χ1) is 8.79. The molecule has 1 unspecified atom stereocenters. The van der Waals surface area contributed by atoms with E-state index in [0.717, 1.165) is 6.07 Å². The van der Waals surface area contributed by atoms with Gasteiger partial charge in [-0.2, -0.15) is 13.2 Å². The third-order valence-corrected chi connectivity index (χ3v) is 2.34. The van der Waals surface area contributed by atoms with Gasteiger partial charge in [0, 0.05) is 0 Å². The van der Waals surface area contributed by atoms with Crippen LogP contribution in [0.1, 0.15) is 29.4 Å². The van der Waals surface area contributed by atoms with Crippen LogP contribution in [-0.4, -0.2) is 22.1 Å². The van der Waals surface area contributed by atoms with Gasteiger partial charge in [-0.25, -0.2) is 9.78 Å². The van der Waals surface area contributed by atoms with Gasteiger partial charge in [0.05, 0.1) is 6.04 Å². The van der Waals surface area contributed by atoms with Gasteiger partial charge in [-0.3, -0.25) is 0 Å². The van der Waals surface area contributed by atoms with Gasteiger partial charge in [0.1, 0.15) is 17.1 Å². The van der Waals surface area contributed by atoms with Gasteiger partial charge < -0.3 is 10.4 Å². The van der Waals surface area contributed by atoms with Gasteiger partial charge in [-0.05, 0) is 18.6 Å². The molecular weight excluding hydrogens is 261 g/mol. The van der Waals surface area contributed by atoms with Gasteiger partial charge in [0.2, 0.25) is 0 Å². The standard InChI is InChI=1S/C12H11F3N2O2/c1-3-7(4-2)16-10-8(11(18)19)5-6-9(17-10)12(13,14)15/h1,5-7H,4H2,2H3,(H,16,17)(H,18,19). The summed E-state index contributed by atoms with van der Waals surface area (Å²) in [5, 5.41) is 11.4. The fourth-order valence-electron chi connectivity index (χ4n) is 1.33. The molecule has 0 fully saturated rings. The normalized spacial score (nSPS) is 12.6. The van der Waals surface area contributed by atoms with Crippen LogP contribution < -0.4 is 5.32 Å². The second-order valence-corrected chi connectivity index (χ2v) is 3.67. The molecule has 0 saturated heterocycles. The molecule has 1 atom stereocenters. The van der Waals surface area contributed by atoms with Gasteiger partial charge >= 0.3 is 12.1 Å². The number of nitrogens with one attached hydrogen (secondary N) is 1. The Bertz CT molecular complexity index is 521. The highest BCUT2D eigenvalue weighted by atomic mass is 19.4. The monoisotopic (exact) mass is 272 g/mol. The molecule has 7 heteroatoms. The summed E-state index contributed by atoms with van der Waals surface area (Å²) in [6.45, 7) is 1.71. The first-order valence-corrected chi connectivity index (χ1v) is 5.33. The lowest BCUT2D eigenvalue weighted by Gasteiger charge is -2.15. The van der Waals surface area contributed by atoms with Crippen molar-refractivity contribution in [2.75, 3.05) is 5.32 Å². The van der Waals surface area contributed by atoms with Crippen molar-refractivity contribution in [1.82, 2.24) is 4.98 Å². The molecule has 1 aromatic heterocycles. The third kappa shape index (κ3) is 3.61. The van der Waals surface area contributed by atoms with Crippen LogP contribution in [0, 0.1) is 12.3 Å². The summed E-state index contributed by atoms with van der Waals surface area (Å²) in [6, 6.07) is 0.879. The van der Waals surface area contributed by atoms with Crippen molar-refractivity contribution in [3.63, 3.8) is 0 Å². The van der Waals surface area contributed by atoms with Crippen molar-refractivity contribution in [2.45, 2.75) is 25.6 Å². The van der Waals surface area contributed by atoms with E-state index in [-0.39, 0.29) is 11.4 Å². The number of rotatable bonds is 4. The molecular formula is C12H11F3N2O2. The van der Waals surface area contributed by atoms with E-state index in [2.05, 4.69) is 16.2 Å². The number of carboxylic acids is 1. The Morgan fingerprint density at radius 3 is 2.63 bits per heavy atom. The Morgan fingerprint density at radius 1 is 1.58 bits per heavy atom. The van der Waals surface area contributed by atoms with Crippen molar-refractivity contribution in [1.29, 1.82) is 0 Å². The minimum absolute atomic E-state index is 0.360. The number of alkyl halides is 3. The Labute approximate surface area is 107 Å². The molecule has 19 heavy (non-hydrogen) atoms. The van der Waals surface area contributed by atoms with Crippen molar-refractivity contribution in [3.8, 4) is 12.3 Å². The molecule has 2 N–H and O–H groups in total. The molecule has 0 amide bonds. The summed E-state index contributed by atoms with van der Waals surface area (Å²) in [6.07, 6.45) is 0.948. The minimum atomic E-state index is -4.65. The highest BCUT2D eigenvalue weighted by Crippen LogP contribution is 2.29. The quantitative estimate of drug-likeness (QED) is 0.827. The van der Waals surface area contributed by atoms with Crippen LogP contribution in [-0.2, 0) is 6.18 Å². The molecule has 0 aliphatic carbocycles. The molecule has 0 aromatic carbocycles. The molecule has 1 rings (SSSR count). The van der Waals surface area contributed by atoms with Crippen molar-refractivity contribution >= 4 is 11.8 Å². The fourth-order valence-corrected chi connectivity index (χ4v) is 1.33. The Kier molecular flexibility index (Phi) is 4.38.